The first-order valence-corrected chi connectivity index (χ1v) is 8.47. The molecule has 1 aliphatic heterocycles. The minimum Gasteiger partial charge on any atom is -0.480 e. The Labute approximate surface area is 124 Å². The number of rotatable bonds is 3. The third-order valence-corrected chi connectivity index (χ3v) is 6.63. The summed E-state index contributed by atoms with van der Waals surface area (Å²) in [5, 5.41) is 9.06. The van der Waals surface area contributed by atoms with Gasteiger partial charge in [-0.05, 0) is 12.1 Å². The number of thioether (sulfide) groups is 1. The highest BCUT2D eigenvalue weighted by atomic mass is 35.5. The minimum atomic E-state index is -3.97. The van der Waals surface area contributed by atoms with E-state index in [-0.39, 0.29) is 26.6 Å². The van der Waals surface area contributed by atoms with Gasteiger partial charge in [0.05, 0.1) is 15.9 Å². The van der Waals surface area contributed by atoms with Crippen molar-refractivity contribution in [1.82, 2.24) is 4.31 Å². The van der Waals surface area contributed by atoms with Crippen LogP contribution >= 0.6 is 35.0 Å². The molecule has 1 heterocycles. The second kappa shape index (κ2) is 5.49. The van der Waals surface area contributed by atoms with Gasteiger partial charge in [0.1, 0.15) is 10.9 Å². The van der Waals surface area contributed by atoms with Gasteiger partial charge in [0.25, 0.3) is 0 Å². The third-order valence-electron chi connectivity index (χ3n) is 2.63. The molecule has 9 heteroatoms. The number of benzene rings is 1. The molecule has 0 amide bonds. The van der Waals surface area contributed by atoms with E-state index in [4.69, 9.17) is 28.3 Å². The standard InChI is InChI=1S/C10H9Cl2NO4S2/c11-6-2-1-3-8(9(6)12)19(16,17)13-5-18-4-7(13)10(14)15/h1-3,7H,4-5H2,(H,14,15)/t7-/m0/s1. The van der Waals surface area contributed by atoms with Gasteiger partial charge in [-0.3, -0.25) is 4.79 Å². The smallest absolute Gasteiger partial charge is 0.322 e. The lowest BCUT2D eigenvalue weighted by molar-refractivity contribution is -0.140. The van der Waals surface area contributed by atoms with Crippen LogP contribution in [0.4, 0.5) is 0 Å². The van der Waals surface area contributed by atoms with Crippen molar-refractivity contribution in [2.24, 2.45) is 0 Å². The van der Waals surface area contributed by atoms with Crippen molar-refractivity contribution in [2.75, 3.05) is 11.6 Å². The molecule has 0 aliphatic carbocycles. The van der Waals surface area contributed by atoms with E-state index in [0.29, 0.717) is 0 Å². The molecule has 0 spiro atoms. The summed E-state index contributed by atoms with van der Waals surface area (Å²) in [7, 11) is -3.97. The summed E-state index contributed by atoms with van der Waals surface area (Å²) in [6.45, 7) is 0. The average molecular weight is 342 g/mol. The Hall–Kier alpha value is -0.470. The van der Waals surface area contributed by atoms with Gasteiger partial charge >= 0.3 is 5.97 Å². The van der Waals surface area contributed by atoms with Gasteiger partial charge in [-0.15, -0.1) is 11.8 Å². The van der Waals surface area contributed by atoms with Gasteiger partial charge in [0, 0.05) is 5.75 Å². The number of carbonyl (C=O) groups is 1. The Morgan fingerprint density at radius 1 is 1.42 bits per heavy atom. The normalized spacial score (nSPS) is 20.6. The molecule has 1 aliphatic rings. The number of sulfonamides is 1. The molecule has 5 nitrogen and oxygen atoms in total. The van der Waals surface area contributed by atoms with Gasteiger partial charge < -0.3 is 5.11 Å². The zero-order valence-electron chi connectivity index (χ0n) is 9.42. The Morgan fingerprint density at radius 3 is 2.74 bits per heavy atom. The van der Waals surface area contributed by atoms with Crippen LogP contribution < -0.4 is 0 Å². The van der Waals surface area contributed by atoms with Crippen molar-refractivity contribution in [3.63, 3.8) is 0 Å². The molecule has 0 unspecified atom stereocenters. The monoisotopic (exact) mass is 341 g/mol. The van der Waals surface area contributed by atoms with Crippen molar-refractivity contribution in [3.8, 4) is 0 Å². The lowest BCUT2D eigenvalue weighted by Crippen LogP contribution is -2.41. The van der Waals surface area contributed by atoms with Crippen LogP contribution in [0.1, 0.15) is 0 Å². The zero-order chi connectivity index (χ0) is 14.2. The lowest BCUT2D eigenvalue weighted by Gasteiger charge is -2.20. The molecule has 1 fully saturated rings. The van der Waals surface area contributed by atoms with Crippen molar-refractivity contribution in [3.05, 3.63) is 28.2 Å². The number of nitrogens with zero attached hydrogens (tertiary/aromatic N) is 1. The molecule has 104 valence electrons. The van der Waals surface area contributed by atoms with Crippen LogP contribution in [0.3, 0.4) is 0 Å². The summed E-state index contributed by atoms with van der Waals surface area (Å²) in [5.74, 6) is -0.874. The Kier molecular flexibility index (Phi) is 4.32. The fourth-order valence-electron chi connectivity index (χ4n) is 1.67. The van der Waals surface area contributed by atoms with Crippen molar-refractivity contribution < 1.29 is 18.3 Å². The van der Waals surface area contributed by atoms with Crippen LogP contribution in [0.15, 0.2) is 23.1 Å². The second-order valence-electron chi connectivity index (χ2n) is 3.80. The summed E-state index contributed by atoms with van der Waals surface area (Å²) < 4.78 is 25.8. The highest BCUT2D eigenvalue weighted by molar-refractivity contribution is 8.00. The maximum Gasteiger partial charge on any atom is 0.322 e. The van der Waals surface area contributed by atoms with Gasteiger partial charge in [-0.1, -0.05) is 29.3 Å². The highest BCUT2D eigenvalue weighted by Crippen LogP contribution is 2.34. The quantitative estimate of drug-likeness (QED) is 0.911. The Balaban J connectivity index is 2.48. The molecule has 19 heavy (non-hydrogen) atoms. The van der Waals surface area contributed by atoms with E-state index in [2.05, 4.69) is 0 Å². The van der Waals surface area contributed by atoms with E-state index in [1.54, 1.807) is 0 Å². The van der Waals surface area contributed by atoms with Crippen molar-refractivity contribution >= 4 is 51.0 Å². The molecule has 0 aromatic heterocycles. The van der Waals surface area contributed by atoms with Crippen LogP contribution in [-0.2, 0) is 14.8 Å². The summed E-state index contributed by atoms with van der Waals surface area (Å²) in [6.07, 6.45) is 0. The van der Waals surface area contributed by atoms with Crippen LogP contribution in [0.5, 0.6) is 0 Å². The topological polar surface area (TPSA) is 74.7 Å². The maximum absolute atomic E-state index is 12.4. The fraction of sp³-hybridized carbons (Fsp3) is 0.300. The molecule has 1 atom stereocenters. The van der Waals surface area contributed by atoms with Gasteiger partial charge in [0.2, 0.25) is 10.0 Å². The number of halogens is 2. The van der Waals surface area contributed by atoms with E-state index >= 15 is 0 Å². The predicted molar refractivity (Wildman–Crippen MR) is 74.2 cm³/mol. The number of hydrogen-bond acceptors (Lipinski definition) is 4. The van der Waals surface area contributed by atoms with Gasteiger partial charge in [0.15, 0.2) is 0 Å². The Bertz CT molecular complexity index is 620. The summed E-state index contributed by atoms with van der Waals surface area (Å²) >= 11 is 12.9. The van der Waals surface area contributed by atoms with Gasteiger partial charge in [-0.2, -0.15) is 4.31 Å². The van der Waals surface area contributed by atoms with Crippen LogP contribution in [-0.4, -0.2) is 41.5 Å². The molecule has 2 rings (SSSR count). The minimum absolute atomic E-state index is 0.0855. The summed E-state index contributed by atoms with van der Waals surface area (Å²) in [6, 6.07) is 3.16. The first-order chi connectivity index (χ1) is 8.85. The van der Waals surface area contributed by atoms with Gasteiger partial charge in [-0.25, -0.2) is 8.42 Å². The average Bonchev–Trinajstić information content (AvgIpc) is 2.82. The number of aliphatic carboxylic acids is 1. The van der Waals surface area contributed by atoms with E-state index in [9.17, 15) is 13.2 Å². The van der Waals surface area contributed by atoms with Crippen LogP contribution in [0, 0.1) is 0 Å². The second-order valence-corrected chi connectivity index (χ2v) is 7.44. The molecule has 1 N–H and O–H groups in total. The van der Waals surface area contributed by atoms with Crippen molar-refractivity contribution in [2.45, 2.75) is 10.9 Å². The predicted octanol–water partition coefficient (Wildman–Crippen LogP) is 2.14. The lowest BCUT2D eigenvalue weighted by atomic mass is 10.3. The van der Waals surface area contributed by atoms with E-state index in [1.807, 2.05) is 0 Å². The van der Waals surface area contributed by atoms with E-state index in [1.165, 1.54) is 30.0 Å². The molecular formula is C10H9Cl2NO4S2. The fourth-order valence-corrected chi connectivity index (χ4v) is 5.54. The zero-order valence-corrected chi connectivity index (χ0v) is 12.6. The molecular weight excluding hydrogens is 333 g/mol. The first-order valence-electron chi connectivity index (χ1n) is 5.12. The van der Waals surface area contributed by atoms with E-state index < -0.39 is 22.0 Å². The molecule has 1 saturated heterocycles. The highest BCUT2D eigenvalue weighted by Gasteiger charge is 2.41. The molecule has 1 aromatic rings. The maximum atomic E-state index is 12.4. The van der Waals surface area contributed by atoms with Crippen molar-refractivity contribution in [1.29, 1.82) is 0 Å². The Morgan fingerprint density at radius 2 is 2.11 bits per heavy atom. The third kappa shape index (κ3) is 2.71. The number of carboxylic acids is 1. The van der Waals surface area contributed by atoms with E-state index in [0.717, 1.165) is 4.31 Å². The molecule has 0 saturated carbocycles. The molecule has 1 aromatic carbocycles. The molecule has 0 radical (unpaired) electrons. The SMILES string of the molecule is O=C(O)[C@@H]1CSCN1S(=O)(=O)c1cccc(Cl)c1Cl. The number of hydrogen-bond donors (Lipinski definition) is 1. The summed E-state index contributed by atoms with van der Waals surface area (Å²) in [4.78, 5) is 10.9. The van der Waals surface area contributed by atoms with Crippen LogP contribution in [0.25, 0.3) is 0 Å². The van der Waals surface area contributed by atoms with Crippen LogP contribution in [0.2, 0.25) is 10.0 Å². The number of carboxylic acid groups (broad SMARTS) is 1. The largest absolute Gasteiger partial charge is 0.480 e. The summed E-state index contributed by atoms with van der Waals surface area (Å²) in [5.41, 5.74) is 0. The first kappa shape index (κ1) is 14.9. The molecule has 0 bridgehead atoms.